The zero-order chi connectivity index (χ0) is 13.0. The highest BCUT2D eigenvalue weighted by Gasteiger charge is 2.01. The first-order valence-corrected chi connectivity index (χ1v) is 7.13. The molecule has 0 radical (unpaired) electrons. The van der Waals surface area contributed by atoms with Gasteiger partial charge in [-0.15, -0.1) is 0 Å². The first kappa shape index (κ1) is 13.6. The van der Waals surface area contributed by atoms with Gasteiger partial charge in [-0.2, -0.15) is 0 Å². The van der Waals surface area contributed by atoms with Crippen LogP contribution in [0.25, 0.3) is 0 Å². The van der Waals surface area contributed by atoms with Crippen LogP contribution in [0.2, 0.25) is 0 Å². The third-order valence-electron chi connectivity index (χ3n) is 2.53. The summed E-state index contributed by atoms with van der Waals surface area (Å²) in [4.78, 5) is 0. The summed E-state index contributed by atoms with van der Waals surface area (Å²) in [5.41, 5.74) is 7.82. The second-order valence-electron chi connectivity index (χ2n) is 3.88. The van der Waals surface area contributed by atoms with E-state index < -0.39 is 0 Å². The number of rotatable bonds is 4. The first-order valence-electron chi connectivity index (χ1n) is 5.55. The van der Waals surface area contributed by atoms with Crippen LogP contribution in [0.3, 0.4) is 0 Å². The van der Waals surface area contributed by atoms with E-state index in [1.807, 2.05) is 42.5 Å². The van der Waals surface area contributed by atoms with E-state index in [4.69, 9.17) is 10.5 Å². The van der Waals surface area contributed by atoms with E-state index in [9.17, 15) is 0 Å². The number of hydrogen-bond acceptors (Lipinski definition) is 2. The summed E-state index contributed by atoms with van der Waals surface area (Å²) < 4.78 is 7.82. The Morgan fingerprint density at radius 2 is 1.89 bits per heavy atom. The Kier molecular flexibility index (Phi) is 4.80. The van der Waals surface area contributed by atoms with E-state index in [0.29, 0.717) is 13.2 Å². The van der Waals surface area contributed by atoms with Crippen molar-refractivity contribution in [2.45, 2.75) is 13.2 Å². The quantitative estimate of drug-likeness (QED) is 0.873. The monoisotopic (exact) mass is 369 g/mol. The van der Waals surface area contributed by atoms with Gasteiger partial charge in [-0.1, -0.05) is 44.0 Å². The molecule has 2 N–H and O–H groups in total. The van der Waals surface area contributed by atoms with E-state index in [2.05, 4.69) is 31.9 Å². The molecule has 0 unspecified atom stereocenters. The molecule has 2 aromatic carbocycles. The van der Waals surface area contributed by atoms with Crippen molar-refractivity contribution in [3.63, 3.8) is 0 Å². The minimum Gasteiger partial charge on any atom is -0.489 e. The van der Waals surface area contributed by atoms with Crippen LogP contribution < -0.4 is 10.5 Å². The van der Waals surface area contributed by atoms with Gasteiger partial charge < -0.3 is 10.5 Å². The summed E-state index contributed by atoms with van der Waals surface area (Å²) in [6, 6.07) is 13.9. The molecule has 0 saturated carbocycles. The first-order chi connectivity index (χ1) is 8.69. The number of halogens is 2. The molecule has 2 aromatic rings. The lowest BCUT2D eigenvalue weighted by Gasteiger charge is -2.09. The van der Waals surface area contributed by atoms with Gasteiger partial charge in [0, 0.05) is 15.5 Å². The largest absolute Gasteiger partial charge is 0.489 e. The maximum Gasteiger partial charge on any atom is 0.120 e. The predicted octanol–water partition coefficient (Wildman–Crippen LogP) is 4.25. The highest BCUT2D eigenvalue weighted by atomic mass is 79.9. The van der Waals surface area contributed by atoms with Gasteiger partial charge in [-0.25, -0.2) is 0 Å². The predicted molar refractivity (Wildman–Crippen MR) is 80.5 cm³/mol. The van der Waals surface area contributed by atoms with Crippen LogP contribution in [0, 0.1) is 0 Å². The standard InChI is InChI=1S/C14H13Br2NO/c15-12-3-1-2-10(6-12)9-18-13-4-5-14(16)11(7-13)8-17/h1-7H,8-9,17H2. The molecular formula is C14H13Br2NO. The Hall–Kier alpha value is -0.840. The highest BCUT2D eigenvalue weighted by Crippen LogP contribution is 2.23. The fraction of sp³-hybridized carbons (Fsp3) is 0.143. The molecule has 0 aromatic heterocycles. The lowest BCUT2D eigenvalue weighted by molar-refractivity contribution is 0.306. The summed E-state index contributed by atoms with van der Waals surface area (Å²) in [5.74, 6) is 0.832. The molecule has 0 amide bonds. The van der Waals surface area contributed by atoms with Crippen LogP contribution in [-0.4, -0.2) is 0 Å². The van der Waals surface area contributed by atoms with Crippen molar-refractivity contribution >= 4 is 31.9 Å². The van der Waals surface area contributed by atoms with E-state index in [1.165, 1.54) is 0 Å². The van der Waals surface area contributed by atoms with Gasteiger partial charge >= 0.3 is 0 Å². The molecular weight excluding hydrogens is 358 g/mol. The lowest BCUT2D eigenvalue weighted by atomic mass is 10.2. The van der Waals surface area contributed by atoms with Crippen LogP contribution >= 0.6 is 31.9 Å². The summed E-state index contributed by atoms with van der Waals surface area (Å²) in [6.07, 6.45) is 0. The van der Waals surface area contributed by atoms with Gasteiger partial charge in [-0.3, -0.25) is 0 Å². The van der Waals surface area contributed by atoms with Gasteiger partial charge in [0.05, 0.1) is 0 Å². The Morgan fingerprint density at radius 1 is 1.06 bits per heavy atom. The molecule has 94 valence electrons. The van der Waals surface area contributed by atoms with Crippen molar-refractivity contribution in [1.82, 2.24) is 0 Å². The molecule has 4 heteroatoms. The summed E-state index contributed by atoms with van der Waals surface area (Å²) in [5, 5.41) is 0. The molecule has 0 bridgehead atoms. The van der Waals surface area contributed by atoms with Gasteiger partial charge in [0.2, 0.25) is 0 Å². The average molecular weight is 371 g/mol. The van der Waals surface area contributed by atoms with E-state index in [0.717, 1.165) is 25.8 Å². The normalized spacial score (nSPS) is 10.4. The maximum absolute atomic E-state index is 5.75. The van der Waals surface area contributed by atoms with Crippen molar-refractivity contribution in [3.05, 3.63) is 62.5 Å². The van der Waals surface area contributed by atoms with Gasteiger partial charge in [0.25, 0.3) is 0 Å². The van der Waals surface area contributed by atoms with E-state index >= 15 is 0 Å². The van der Waals surface area contributed by atoms with Crippen LogP contribution in [0.4, 0.5) is 0 Å². The SMILES string of the molecule is NCc1cc(OCc2cccc(Br)c2)ccc1Br. The topological polar surface area (TPSA) is 35.2 Å². The summed E-state index contributed by atoms with van der Waals surface area (Å²) >= 11 is 6.90. The minimum absolute atomic E-state index is 0.495. The smallest absolute Gasteiger partial charge is 0.120 e. The third kappa shape index (κ3) is 3.57. The van der Waals surface area contributed by atoms with Crippen molar-refractivity contribution in [3.8, 4) is 5.75 Å². The van der Waals surface area contributed by atoms with Gasteiger partial charge in [0.15, 0.2) is 0 Å². The number of hydrogen-bond donors (Lipinski definition) is 1. The Labute approximate surface area is 123 Å². The van der Waals surface area contributed by atoms with Crippen LogP contribution in [0.15, 0.2) is 51.4 Å². The number of benzene rings is 2. The lowest BCUT2D eigenvalue weighted by Crippen LogP contribution is -2.00. The minimum atomic E-state index is 0.495. The molecule has 0 fully saturated rings. The molecule has 18 heavy (non-hydrogen) atoms. The second kappa shape index (κ2) is 6.36. The molecule has 0 aliphatic rings. The molecule has 0 aliphatic heterocycles. The molecule has 0 saturated heterocycles. The van der Waals surface area contributed by atoms with Gasteiger partial charge in [0.1, 0.15) is 12.4 Å². The second-order valence-corrected chi connectivity index (χ2v) is 5.65. The zero-order valence-corrected chi connectivity index (χ0v) is 12.9. The summed E-state index contributed by atoms with van der Waals surface area (Å²) in [6.45, 7) is 1.04. The molecule has 0 atom stereocenters. The average Bonchev–Trinajstić information content (AvgIpc) is 2.38. The fourth-order valence-electron chi connectivity index (χ4n) is 1.59. The van der Waals surface area contributed by atoms with Crippen molar-refractivity contribution < 1.29 is 4.74 Å². The summed E-state index contributed by atoms with van der Waals surface area (Å²) in [7, 11) is 0. The number of ether oxygens (including phenoxy) is 1. The van der Waals surface area contributed by atoms with Crippen LogP contribution in [-0.2, 0) is 13.2 Å². The van der Waals surface area contributed by atoms with Gasteiger partial charge in [-0.05, 0) is 41.5 Å². The van der Waals surface area contributed by atoms with Crippen molar-refractivity contribution in [2.75, 3.05) is 0 Å². The zero-order valence-electron chi connectivity index (χ0n) is 9.70. The Bertz CT molecular complexity index is 543. The maximum atomic E-state index is 5.75. The van der Waals surface area contributed by atoms with Crippen molar-refractivity contribution in [2.24, 2.45) is 5.73 Å². The fourth-order valence-corrected chi connectivity index (χ4v) is 2.45. The molecule has 0 heterocycles. The Balaban J connectivity index is 2.06. The molecule has 2 rings (SSSR count). The van der Waals surface area contributed by atoms with Crippen LogP contribution in [0.1, 0.15) is 11.1 Å². The molecule has 2 nitrogen and oxygen atoms in total. The number of nitrogens with two attached hydrogens (primary N) is 1. The van der Waals surface area contributed by atoms with Crippen LogP contribution in [0.5, 0.6) is 5.75 Å². The van der Waals surface area contributed by atoms with E-state index in [-0.39, 0.29) is 0 Å². The molecule has 0 aliphatic carbocycles. The third-order valence-corrected chi connectivity index (χ3v) is 3.80. The van der Waals surface area contributed by atoms with Crippen molar-refractivity contribution in [1.29, 1.82) is 0 Å². The molecule has 0 spiro atoms. The Morgan fingerprint density at radius 3 is 2.61 bits per heavy atom. The highest BCUT2D eigenvalue weighted by molar-refractivity contribution is 9.10. The van der Waals surface area contributed by atoms with E-state index in [1.54, 1.807) is 0 Å².